The van der Waals surface area contributed by atoms with Gasteiger partial charge in [-0.3, -0.25) is 0 Å². The van der Waals surface area contributed by atoms with Gasteiger partial charge in [-0.1, -0.05) is 84.6 Å². The lowest BCUT2D eigenvalue weighted by molar-refractivity contribution is 1.09. The molecule has 0 unspecified atom stereocenters. The highest BCUT2D eigenvalue weighted by Gasteiger charge is 2.24. The van der Waals surface area contributed by atoms with Gasteiger partial charge in [0.05, 0.1) is 0 Å². The Hall–Kier alpha value is -4.73. The zero-order valence-electron chi connectivity index (χ0n) is 22.6. The first-order valence-electron chi connectivity index (χ1n) is 14.1. The minimum absolute atomic E-state index is 0.974. The minimum atomic E-state index is 0.974. The van der Waals surface area contributed by atoms with E-state index in [4.69, 9.17) is 0 Å². The van der Waals surface area contributed by atoms with Crippen LogP contribution in [0.4, 0.5) is 34.1 Å². The molecule has 0 radical (unpaired) electrons. The van der Waals surface area contributed by atoms with E-state index < -0.39 is 0 Å². The van der Waals surface area contributed by atoms with Crippen molar-refractivity contribution in [3.05, 3.63) is 168 Å². The summed E-state index contributed by atoms with van der Waals surface area (Å²) < 4.78 is 0. The lowest BCUT2D eigenvalue weighted by Crippen LogP contribution is -2.18. The Balaban J connectivity index is 1.07. The maximum atomic E-state index is 2.39. The molecular formula is C38H28N2S. The van der Waals surface area contributed by atoms with Crippen molar-refractivity contribution < 1.29 is 0 Å². The summed E-state index contributed by atoms with van der Waals surface area (Å²) in [6.07, 6.45) is 1.95. The van der Waals surface area contributed by atoms with Crippen LogP contribution in [-0.4, -0.2) is 0 Å². The van der Waals surface area contributed by atoms with Crippen molar-refractivity contribution >= 4 is 45.9 Å². The van der Waals surface area contributed by atoms with E-state index in [1.165, 1.54) is 66.2 Å². The van der Waals surface area contributed by atoms with E-state index in [1.54, 1.807) is 11.8 Å². The van der Waals surface area contributed by atoms with Crippen molar-refractivity contribution in [2.24, 2.45) is 0 Å². The first kappa shape index (κ1) is 24.1. The average Bonchev–Trinajstić information content (AvgIpc) is 3.03. The Morgan fingerprint density at radius 1 is 0.341 bits per heavy atom. The zero-order valence-corrected chi connectivity index (χ0v) is 23.4. The van der Waals surface area contributed by atoms with Gasteiger partial charge in [0, 0.05) is 56.8 Å². The van der Waals surface area contributed by atoms with Crippen LogP contribution in [0, 0.1) is 0 Å². The molecule has 41 heavy (non-hydrogen) atoms. The Labute approximate surface area is 245 Å². The van der Waals surface area contributed by atoms with Gasteiger partial charge in [-0.05, 0) is 95.1 Å². The molecule has 8 rings (SSSR count). The average molecular weight is 545 g/mol. The van der Waals surface area contributed by atoms with Crippen LogP contribution < -0.4 is 9.80 Å². The summed E-state index contributed by atoms with van der Waals surface area (Å²) in [5, 5.41) is 0. The SMILES string of the molecule is c1ccc2c(c1)Cc1ccccc1N2c1ccc(Sc2ccc(N3c4ccccc4Cc4ccccc43)cc2)cc1. The lowest BCUT2D eigenvalue weighted by Gasteiger charge is -2.33. The fourth-order valence-electron chi connectivity index (χ4n) is 6.20. The highest BCUT2D eigenvalue weighted by atomic mass is 32.2. The van der Waals surface area contributed by atoms with E-state index in [-0.39, 0.29) is 0 Å². The second kappa shape index (κ2) is 10.0. The minimum Gasteiger partial charge on any atom is -0.310 e. The fourth-order valence-corrected chi connectivity index (χ4v) is 7.02. The van der Waals surface area contributed by atoms with Gasteiger partial charge in [-0.25, -0.2) is 0 Å². The van der Waals surface area contributed by atoms with Crippen LogP contribution in [-0.2, 0) is 12.8 Å². The number of rotatable bonds is 4. The van der Waals surface area contributed by atoms with Crippen molar-refractivity contribution in [3.8, 4) is 0 Å². The number of nitrogens with zero attached hydrogens (tertiary/aromatic N) is 2. The molecule has 0 saturated heterocycles. The third-order valence-corrected chi connectivity index (χ3v) is 9.13. The Morgan fingerprint density at radius 2 is 0.634 bits per heavy atom. The van der Waals surface area contributed by atoms with Crippen molar-refractivity contribution in [2.45, 2.75) is 22.6 Å². The Bertz CT molecular complexity index is 1650. The normalized spacial score (nSPS) is 13.2. The summed E-state index contributed by atoms with van der Waals surface area (Å²) in [4.78, 5) is 7.25. The number of hydrogen-bond acceptors (Lipinski definition) is 3. The van der Waals surface area contributed by atoms with E-state index in [9.17, 15) is 0 Å². The van der Waals surface area contributed by atoms with Crippen molar-refractivity contribution in [1.82, 2.24) is 0 Å². The molecular weight excluding hydrogens is 516 g/mol. The van der Waals surface area contributed by atoms with Crippen molar-refractivity contribution in [3.63, 3.8) is 0 Å². The molecule has 0 aromatic heterocycles. The molecule has 196 valence electrons. The highest BCUT2D eigenvalue weighted by molar-refractivity contribution is 7.99. The van der Waals surface area contributed by atoms with Crippen LogP contribution in [0.15, 0.2) is 155 Å². The van der Waals surface area contributed by atoms with Crippen molar-refractivity contribution in [2.75, 3.05) is 9.80 Å². The van der Waals surface area contributed by atoms with Crippen LogP contribution in [0.3, 0.4) is 0 Å². The Morgan fingerprint density at radius 3 is 0.951 bits per heavy atom. The maximum Gasteiger partial charge on any atom is 0.0497 e. The second-order valence-electron chi connectivity index (χ2n) is 10.6. The molecule has 2 aliphatic rings. The molecule has 6 aromatic rings. The van der Waals surface area contributed by atoms with E-state index in [1.807, 2.05) is 0 Å². The lowest BCUT2D eigenvalue weighted by atomic mass is 9.95. The summed E-state index contributed by atoms with van der Waals surface area (Å²) in [5.74, 6) is 0. The van der Waals surface area contributed by atoms with Gasteiger partial charge < -0.3 is 9.80 Å². The van der Waals surface area contributed by atoms with Gasteiger partial charge in [0.1, 0.15) is 0 Å². The van der Waals surface area contributed by atoms with E-state index in [2.05, 4.69) is 155 Å². The van der Waals surface area contributed by atoms with Gasteiger partial charge in [0.25, 0.3) is 0 Å². The number of para-hydroxylation sites is 4. The summed E-state index contributed by atoms with van der Waals surface area (Å²) in [6.45, 7) is 0. The molecule has 2 heterocycles. The smallest absolute Gasteiger partial charge is 0.0497 e. The van der Waals surface area contributed by atoms with Crippen LogP contribution in [0.1, 0.15) is 22.3 Å². The van der Waals surface area contributed by atoms with E-state index in [0.717, 1.165) is 12.8 Å². The first-order valence-corrected chi connectivity index (χ1v) is 14.9. The highest BCUT2D eigenvalue weighted by Crippen LogP contribution is 2.46. The summed E-state index contributed by atoms with van der Waals surface area (Å²) in [6, 6.07) is 52.9. The summed E-state index contributed by atoms with van der Waals surface area (Å²) >= 11 is 1.80. The van der Waals surface area contributed by atoms with Gasteiger partial charge in [0.15, 0.2) is 0 Å². The third kappa shape index (κ3) is 4.30. The molecule has 0 atom stereocenters. The number of benzene rings is 6. The number of fused-ring (bicyclic) bond motifs is 4. The predicted octanol–water partition coefficient (Wildman–Crippen LogP) is 10.6. The monoisotopic (exact) mass is 544 g/mol. The maximum absolute atomic E-state index is 2.39. The third-order valence-electron chi connectivity index (χ3n) is 8.12. The second-order valence-corrected chi connectivity index (χ2v) is 11.8. The fraction of sp³-hybridized carbons (Fsp3) is 0.0526. The zero-order chi connectivity index (χ0) is 27.2. The molecule has 2 nitrogen and oxygen atoms in total. The first-order chi connectivity index (χ1) is 20.3. The van der Waals surface area contributed by atoms with Gasteiger partial charge in [0.2, 0.25) is 0 Å². The van der Waals surface area contributed by atoms with Gasteiger partial charge in [-0.2, -0.15) is 0 Å². The van der Waals surface area contributed by atoms with Crippen molar-refractivity contribution in [1.29, 1.82) is 0 Å². The molecule has 2 aliphatic heterocycles. The molecule has 6 aromatic carbocycles. The number of hydrogen-bond donors (Lipinski definition) is 0. The Kier molecular flexibility index (Phi) is 5.89. The topological polar surface area (TPSA) is 6.48 Å². The number of anilines is 6. The molecule has 3 heteroatoms. The standard InChI is InChI=1S/C38H28N2S/c1-5-13-35-27(9-1)25-28-10-2-6-14-36(28)39(35)31-17-21-33(22-18-31)41-34-23-19-32(20-24-34)40-37-15-7-3-11-29(37)26-30-12-4-8-16-38(30)40/h1-24H,25-26H2. The molecule has 0 spiro atoms. The van der Waals surface area contributed by atoms with Gasteiger partial charge in [-0.15, -0.1) is 0 Å². The van der Waals surface area contributed by atoms with Crippen LogP contribution >= 0.6 is 11.8 Å². The summed E-state index contributed by atoms with van der Waals surface area (Å²) in [5.41, 5.74) is 12.9. The molecule has 0 N–H and O–H groups in total. The summed E-state index contributed by atoms with van der Waals surface area (Å²) in [7, 11) is 0. The van der Waals surface area contributed by atoms with Crippen LogP contribution in [0.5, 0.6) is 0 Å². The van der Waals surface area contributed by atoms with E-state index in [0.29, 0.717) is 0 Å². The predicted molar refractivity (Wildman–Crippen MR) is 172 cm³/mol. The van der Waals surface area contributed by atoms with Crippen LogP contribution in [0.25, 0.3) is 0 Å². The molecule has 0 saturated carbocycles. The molecule has 0 bridgehead atoms. The quantitative estimate of drug-likeness (QED) is 0.218. The van der Waals surface area contributed by atoms with Crippen LogP contribution in [0.2, 0.25) is 0 Å². The van der Waals surface area contributed by atoms with E-state index >= 15 is 0 Å². The largest absolute Gasteiger partial charge is 0.310 e. The van der Waals surface area contributed by atoms with Gasteiger partial charge >= 0.3 is 0 Å². The molecule has 0 aliphatic carbocycles. The molecule has 0 amide bonds. The molecule has 0 fully saturated rings.